The topological polar surface area (TPSA) is 26.6 Å². The second-order valence-electron chi connectivity index (χ2n) is 8.63. The molecule has 0 saturated carbocycles. The summed E-state index contributed by atoms with van der Waals surface area (Å²) in [7, 11) is 0. The van der Waals surface area contributed by atoms with E-state index in [1.807, 2.05) is 36.4 Å². The van der Waals surface area contributed by atoms with Gasteiger partial charge in [-0.05, 0) is 48.5 Å². The molecule has 0 radical (unpaired) electrons. The fraction of sp³-hybridized carbons (Fsp3) is 0. The molecule has 0 unspecified atom stereocenters. The maximum Gasteiger partial charge on any atom is 0.155 e. The standard InChI is InChI=1S/C30H18N2O2/c1-3-10-22-20(8-1)21-9-2-4-11-23(21)31(22)19-16-17-25-29(18-19)34-28-15-7-14-27-30(28)32(25)24-12-5-6-13-26(24)33-27/h1-18H. The molecular formula is C30H18N2O2. The largest absolute Gasteiger partial charge is 0.453 e. The van der Waals surface area contributed by atoms with Gasteiger partial charge in [-0.1, -0.05) is 54.6 Å². The Hall–Kier alpha value is -4.70. The zero-order valence-corrected chi connectivity index (χ0v) is 18.1. The maximum absolute atomic E-state index is 6.47. The third-order valence-corrected chi connectivity index (χ3v) is 6.75. The third-order valence-electron chi connectivity index (χ3n) is 6.75. The van der Waals surface area contributed by atoms with Gasteiger partial charge in [0.05, 0.1) is 28.1 Å². The van der Waals surface area contributed by atoms with Crippen molar-refractivity contribution in [3.05, 3.63) is 109 Å². The average molecular weight is 438 g/mol. The number of anilines is 3. The highest BCUT2D eigenvalue weighted by atomic mass is 16.5. The van der Waals surface area contributed by atoms with Crippen molar-refractivity contribution in [1.82, 2.24) is 4.57 Å². The van der Waals surface area contributed by atoms with Crippen molar-refractivity contribution in [3.63, 3.8) is 0 Å². The highest BCUT2D eigenvalue weighted by molar-refractivity contribution is 6.09. The van der Waals surface area contributed by atoms with E-state index >= 15 is 0 Å². The fourth-order valence-electron chi connectivity index (χ4n) is 5.33. The molecule has 0 aliphatic carbocycles. The molecule has 0 fully saturated rings. The number of hydrogen-bond acceptors (Lipinski definition) is 3. The Morgan fingerprint density at radius 3 is 1.82 bits per heavy atom. The molecule has 8 rings (SSSR count). The highest BCUT2D eigenvalue weighted by Gasteiger charge is 2.34. The Labute approximate surface area is 195 Å². The van der Waals surface area contributed by atoms with Gasteiger partial charge in [0.1, 0.15) is 5.69 Å². The van der Waals surface area contributed by atoms with Gasteiger partial charge in [-0.2, -0.15) is 0 Å². The molecule has 2 aliphatic heterocycles. The quantitative estimate of drug-likeness (QED) is 0.257. The lowest BCUT2D eigenvalue weighted by atomic mass is 10.1. The van der Waals surface area contributed by atoms with Crippen LogP contribution in [-0.2, 0) is 0 Å². The van der Waals surface area contributed by atoms with E-state index < -0.39 is 0 Å². The molecule has 0 amide bonds. The van der Waals surface area contributed by atoms with E-state index in [1.165, 1.54) is 21.8 Å². The monoisotopic (exact) mass is 438 g/mol. The van der Waals surface area contributed by atoms with Crippen LogP contribution in [0.3, 0.4) is 0 Å². The summed E-state index contributed by atoms with van der Waals surface area (Å²) in [6.45, 7) is 0. The van der Waals surface area contributed by atoms with Crippen LogP contribution in [0.15, 0.2) is 109 Å². The van der Waals surface area contributed by atoms with Crippen molar-refractivity contribution in [2.24, 2.45) is 0 Å². The summed E-state index contributed by atoms with van der Waals surface area (Å²) < 4.78 is 15.0. The van der Waals surface area contributed by atoms with Crippen molar-refractivity contribution in [1.29, 1.82) is 0 Å². The van der Waals surface area contributed by atoms with E-state index in [2.05, 4.69) is 82.3 Å². The number of para-hydroxylation sites is 5. The van der Waals surface area contributed by atoms with Crippen molar-refractivity contribution < 1.29 is 9.47 Å². The van der Waals surface area contributed by atoms with E-state index in [0.717, 1.165) is 45.7 Å². The molecule has 4 heteroatoms. The first-order valence-corrected chi connectivity index (χ1v) is 11.4. The van der Waals surface area contributed by atoms with Gasteiger partial charge >= 0.3 is 0 Å². The minimum absolute atomic E-state index is 0.791. The van der Waals surface area contributed by atoms with Crippen LogP contribution in [0.25, 0.3) is 27.5 Å². The molecule has 34 heavy (non-hydrogen) atoms. The van der Waals surface area contributed by atoms with Crippen molar-refractivity contribution >= 4 is 38.9 Å². The summed E-state index contributed by atoms with van der Waals surface area (Å²) in [4.78, 5) is 2.25. The molecule has 6 aromatic rings. The van der Waals surface area contributed by atoms with Crippen LogP contribution in [0.5, 0.6) is 23.0 Å². The van der Waals surface area contributed by atoms with Gasteiger partial charge in [0.2, 0.25) is 0 Å². The lowest BCUT2D eigenvalue weighted by molar-refractivity contribution is 0.446. The molecular weight excluding hydrogens is 420 g/mol. The average Bonchev–Trinajstić information content (AvgIpc) is 3.23. The number of rotatable bonds is 1. The van der Waals surface area contributed by atoms with Gasteiger partial charge < -0.3 is 14.0 Å². The maximum atomic E-state index is 6.47. The molecule has 1 aromatic heterocycles. The third kappa shape index (κ3) is 2.27. The van der Waals surface area contributed by atoms with Crippen LogP contribution in [0.2, 0.25) is 0 Å². The number of benzene rings is 5. The Morgan fingerprint density at radius 1 is 0.471 bits per heavy atom. The minimum atomic E-state index is 0.791. The Balaban J connectivity index is 1.39. The predicted octanol–water partition coefficient (Wildman–Crippen LogP) is 8.46. The van der Waals surface area contributed by atoms with Crippen LogP contribution in [-0.4, -0.2) is 4.57 Å². The van der Waals surface area contributed by atoms with Gasteiger partial charge in [0.25, 0.3) is 0 Å². The molecule has 4 nitrogen and oxygen atoms in total. The molecule has 0 N–H and O–H groups in total. The van der Waals surface area contributed by atoms with E-state index in [9.17, 15) is 0 Å². The first-order chi connectivity index (χ1) is 16.9. The van der Waals surface area contributed by atoms with E-state index in [1.54, 1.807) is 0 Å². The first-order valence-electron chi connectivity index (χ1n) is 11.4. The van der Waals surface area contributed by atoms with E-state index in [-0.39, 0.29) is 0 Å². The number of ether oxygens (including phenoxy) is 2. The normalized spacial score (nSPS) is 13.1. The SMILES string of the molecule is c1ccc2c(c1)Oc1cccc3c1N2c1ccc(-n2c4ccccc4c4ccccc42)cc1O3. The van der Waals surface area contributed by atoms with Crippen molar-refractivity contribution in [2.45, 2.75) is 0 Å². The molecule has 3 heterocycles. The second kappa shape index (κ2) is 6.42. The Morgan fingerprint density at radius 2 is 1.06 bits per heavy atom. The summed E-state index contributed by atoms with van der Waals surface area (Å²) in [6, 6.07) is 37.7. The predicted molar refractivity (Wildman–Crippen MR) is 136 cm³/mol. The number of aromatic nitrogens is 1. The number of hydrogen-bond donors (Lipinski definition) is 0. The van der Waals surface area contributed by atoms with Crippen LogP contribution in [0.1, 0.15) is 0 Å². The van der Waals surface area contributed by atoms with Gasteiger partial charge in [0, 0.05) is 16.8 Å². The highest BCUT2D eigenvalue weighted by Crippen LogP contribution is 2.59. The zero-order chi connectivity index (χ0) is 22.2. The lowest BCUT2D eigenvalue weighted by Gasteiger charge is -2.37. The van der Waals surface area contributed by atoms with Crippen LogP contribution >= 0.6 is 0 Å². The summed E-state index contributed by atoms with van der Waals surface area (Å²) in [5.41, 5.74) is 6.38. The Bertz CT molecular complexity index is 1730. The second-order valence-corrected chi connectivity index (χ2v) is 8.63. The molecule has 5 aromatic carbocycles. The van der Waals surface area contributed by atoms with Crippen LogP contribution in [0.4, 0.5) is 17.1 Å². The van der Waals surface area contributed by atoms with Crippen molar-refractivity contribution in [3.8, 4) is 28.7 Å². The lowest BCUT2D eigenvalue weighted by Crippen LogP contribution is -2.20. The zero-order valence-electron chi connectivity index (χ0n) is 18.1. The van der Waals surface area contributed by atoms with Crippen molar-refractivity contribution in [2.75, 3.05) is 4.90 Å². The molecule has 2 aliphatic rings. The minimum Gasteiger partial charge on any atom is -0.453 e. The first kappa shape index (κ1) is 17.8. The van der Waals surface area contributed by atoms with Gasteiger partial charge in [0.15, 0.2) is 23.0 Å². The number of nitrogens with zero attached hydrogens (tertiary/aromatic N) is 2. The summed E-state index contributed by atoms with van der Waals surface area (Å²) in [5, 5.41) is 2.49. The van der Waals surface area contributed by atoms with Gasteiger partial charge in [-0.3, -0.25) is 4.90 Å². The Kier molecular flexibility index (Phi) is 3.36. The van der Waals surface area contributed by atoms with E-state index in [0.29, 0.717) is 0 Å². The molecule has 0 atom stereocenters. The smallest absolute Gasteiger partial charge is 0.155 e. The number of fused-ring (bicyclic) bond motifs is 7. The molecule has 0 bridgehead atoms. The summed E-state index contributed by atoms with van der Waals surface area (Å²) >= 11 is 0. The summed E-state index contributed by atoms with van der Waals surface area (Å²) in [6.07, 6.45) is 0. The van der Waals surface area contributed by atoms with Gasteiger partial charge in [-0.15, -0.1) is 0 Å². The van der Waals surface area contributed by atoms with Gasteiger partial charge in [-0.25, -0.2) is 0 Å². The van der Waals surface area contributed by atoms with Crippen LogP contribution < -0.4 is 14.4 Å². The molecule has 0 spiro atoms. The van der Waals surface area contributed by atoms with Crippen LogP contribution in [0, 0.1) is 0 Å². The molecule has 160 valence electrons. The fourth-order valence-corrected chi connectivity index (χ4v) is 5.33. The van der Waals surface area contributed by atoms with E-state index in [4.69, 9.17) is 9.47 Å². The summed E-state index contributed by atoms with van der Waals surface area (Å²) in [5.74, 6) is 3.25. The molecule has 0 saturated heterocycles.